The van der Waals surface area contributed by atoms with Crippen molar-refractivity contribution >= 4 is 11.3 Å². The quantitative estimate of drug-likeness (QED) is 0.820. The maximum Gasteiger partial charge on any atom is 0.122 e. The van der Waals surface area contributed by atoms with Crippen molar-refractivity contribution < 1.29 is 0 Å². The summed E-state index contributed by atoms with van der Waals surface area (Å²) < 4.78 is 2.01. The van der Waals surface area contributed by atoms with Gasteiger partial charge in [0.25, 0.3) is 0 Å². The van der Waals surface area contributed by atoms with Crippen LogP contribution in [0.4, 0.5) is 0 Å². The zero-order valence-electron chi connectivity index (χ0n) is 7.97. The molecular formula is C9H12N4S. The number of aromatic nitrogens is 3. The maximum atomic E-state index is 4.22. The summed E-state index contributed by atoms with van der Waals surface area (Å²) in [7, 11) is 1.99. The summed E-state index contributed by atoms with van der Waals surface area (Å²) in [6, 6.07) is 0. The third kappa shape index (κ3) is 2.18. The summed E-state index contributed by atoms with van der Waals surface area (Å²) in [4.78, 5) is 8.40. The molecule has 0 amide bonds. The molecule has 1 N–H and O–H groups in total. The third-order valence-electron chi connectivity index (χ3n) is 1.96. The predicted molar refractivity (Wildman–Crippen MR) is 55.9 cm³/mol. The topological polar surface area (TPSA) is 42.7 Å². The van der Waals surface area contributed by atoms with E-state index in [0.717, 1.165) is 23.9 Å². The lowest BCUT2D eigenvalue weighted by atomic mass is 10.5. The summed E-state index contributed by atoms with van der Waals surface area (Å²) in [5.74, 6) is 1.04. The van der Waals surface area contributed by atoms with E-state index in [1.54, 1.807) is 17.5 Å². The van der Waals surface area contributed by atoms with E-state index < -0.39 is 0 Å². The van der Waals surface area contributed by atoms with Gasteiger partial charge in [-0.05, 0) is 0 Å². The van der Waals surface area contributed by atoms with Gasteiger partial charge < -0.3 is 9.88 Å². The van der Waals surface area contributed by atoms with Crippen molar-refractivity contribution in [1.29, 1.82) is 0 Å². The molecule has 74 valence electrons. The SMILES string of the molecule is Cn1ccnc1CNCc1nccs1. The minimum absolute atomic E-state index is 0.781. The zero-order valence-corrected chi connectivity index (χ0v) is 8.79. The molecule has 0 saturated carbocycles. The zero-order chi connectivity index (χ0) is 9.80. The molecule has 0 aliphatic heterocycles. The minimum atomic E-state index is 0.781. The number of thiazole rings is 1. The van der Waals surface area contributed by atoms with Crippen molar-refractivity contribution in [3.05, 3.63) is 34.8 Å². The summed E-state index contributed by atoms with van der Waals surface area (Å²) in [6.45, 7) is 1.59. The monoisotopic (exact) mass is 208 g/mol. The Hall–Kier alpha value is -1.20. The Bertz CT molecular complexity index is 379. The lowest BCUT2D eigenvalue weighted by Gasteiger charge is -2.02. The van der Waals surface area contributed by atoms with Crippen LogP contribution in [0.3, 0.4) is 0 Å². The molecule has 2 aromatic heterocycles. The molecule has 5 heteroatoms. The Balaban J connectivity index is 1.81. The average Bonchev–Trinajstić information content (AvgIpc) is 2.78. The summed E-state index contributed by atoms with van der Waals surface area (Å²) >= 11 is 1.66. The highest BCUT2D eigenvalue weighted by molar-refractivity contribution is 7.09. The van der Waals surface area contributed by atoms with Crippen molar-refractivity contribution in [1.82, 2.24) is 19.9 Å². The van der Waals surface area contributed by atoms with E-state index in [-0.39, 0.29) is 0 Å². The van der Waals surface area contributed by atoms with Crippen LogP contribution in [0.5, 0.6) is 0 Å². The van der Waals surface area contributed by atoms with E-state index in [2.05, 4.69) is 15.3 Å². The summed E-state index contributed by atoms with van der Waals surface area (Å²) in [5.41, 5.74) is 0. The molecule has 0 aromatic carbocycles. The van der Waals surface area contributed by atoms with Crippen LogP contribution in [0.1, 0.15) is 10.8 Å². The van der Waals surface area contributed by atoms with E-state index in [1.165, 1.54) is 0 Å². The summed E-state index contributed by atoms with van der Waals surface area (Å²) in [5, 5.41) is 6.39. The number of hydrogen-bond acceptors (Lipinski definition) is 4. The van der Waals surface area contributed by atoms with Crippen molar-refractivity contribution in [3.63, 3.8) is 0 Å². The molecule has 2 aromatic rings. The van der Waals surface area contributed by atoms with E-state index in [1.807, 2.05) is 29.4 Å². The first kappa shape index (κ1) is 9.36. The van der Waals surface area contributed by atoms with Crippen LogP contribution in [0.25, 0.3) is 0 Å². The van der Waals surface area contributed by atoms with E-state index in [9.17, 15) is 0 Å². The van der Waals surface area contributed by atoms with Crippen LogP contribution in [-0.4, -0.2) is 14.5 Å². The van der Waals surface area contributed by atoms with Gasteiger partial charge in [0, 0.05) is 37.6 Å². The molecule has 0 aliphatic rings. The van der Waals surface area contributed by atoms with Gasteiger partial charge in [0.2, 0.25) is 0 Å². The smallest absolute Gasteiger partial charge is 0.122 e. The molecule has 0 unspecified atom stereocenters. The molecule has 0 spiro atoms. The van der Waals surface area contributed by atoms with Gasteiger partial charge in [-0.3, -0.25) is 0 Å². The van der Waals surface area contributed by atoms with E-state index in [4.69, 9.17) is 0 Å². The molecule has 4 nitrogen and oxygen atoms in total. The molecule has 2 rings (SSSR count). The highest BCUT2D eigenvalue weighted by Gasteiger charge is 1.99. The highest BCUT2D eigenvalue weighted by Crippen LogP contribution is 2.03. The molecular weight excluding hydrogens is 196 g/mol. The molecule has 0 saturated heterocycles. The molecule has 2 heterocycles. The van der Waals surface area contributed by atoms with Crippen LogP contribution >= 0.6 is 11.3 Å². The number of rotatable bonds is 4. The Morgan fingerprint density at radius 2 is 2.29 bits per heavy atom. The van der Waals surface area contributed by atoms with Crippen molar-refractivity contribution in [2.45, 2.75) is 13.1 Å². The van der Waals surface area contributed by atoms with Crippen LogP contribution in [0.15, 0.2) is 24.0 Å². The first-order chi connectivity index (χ1) is 6.86. The first-order valence-corrected chi connectivity index (χ1v) is 5.29. The molecule has 0 atom stereocenters. The fourth-order valence-corrected chi connectivity index (χ4v) is 1.77. The first-order valence-electron chi connectivity index (χ1n) is 4.41. The molecule has 0 radical (unpaired) electrons. The van der Waals surface area contributed by atoms with Gasteiger partial charge in [-0.1, -0.05) is 0 Å². The Morgan fingerprint density at radius 1 is 1.36 bits per heavy atom. The van der Waals surface area contributed by atoms with E-state index in [0.29, 0.717) is 0 Å². The fraction of sp³-hybridized carbons (Fsp3) is 0.333. The lowest BCUT2D eigenvalue weighted by molar-refractivity contribution is 0.637. The van der Waals surface area contributed by atoms with Gasteiger partial charge >= 0.3 is 0 Å². The van der Waals surface area contributed by atoms with E-state index >= 15 is 0 Å². The van der Waals surface area contributed by atoms with Crippen LogP contribution in [0, 0.1) is 0 Å². The average molecular weight is 208 g/mol. The lowest BCUT2D eigenvalue weighted by Crippen LogP contribution is -2.15. The van der Waals surface area contributed by atoms with Crippen molar-refractivity contribution in [2.75, 3.05) is 0 Å². The number of imidazole rings is 1. The predicted octanol–water partition coefficient (Wildman–Crippen LogP) is 1.17. The molecule has 0 bridgehead atoms. The number of aryl methyl sites for hydroxylation is 1. The number of nitrogens with zero attached hydrogens (tertiary/aromatic N) is 3. The second-order valence-electron chi connectivity index (χ2n) is 2.98. The second-order valence-corrected chi connectivity index (χ2v) is 3.96. The Labute approximate surface area is 86.6 Å². The highest BCUT2D eigenvalue weighted by atomic mass is 32.1. The van der Waals surface area contributed by atoms with Crippen LogP contribution in [0.2, 0.25) is 0 Å². The van der Waals surface area contributed by atoms with Gasteiger partial charge in [-0.25, -0.2) is 9.97 Å². The number of nitrogens with one attached hydrogen (secondary N) is 1. The van der Waals surface area contributed by atoms with Gasteiger partial charge in [0.05, 0.1) is 6.54 Å². The normalized spacial score (nSPS) is 10.6. The van der Waals surface area contributed by atoms with Gasteiger partial charge in [-0.2, -0.15) is 0 Å². The molecule has 0 aliphatic carbocycles. The van der Waals surface area contributed by atoms with Gasteiger partial charge in [0.1, 0.15) is 10.8 Å². The van der Waals surface area contributed by atoms with Gasteiger partial charge in [-0.15, -0.1) is 11.3 Å². The largest absolute Gasteiger partial charge is 0.337 e. The fourth-order valence-electron chi connectivity index (χ4n) is 1.19. The third-order valence-corrected chi connectivity index (χ3v) is 2.74. The minimum Gasteiger partial charge on any atom is -0.337 e. The molecule has 14 heavy (non-hydrogen) atoms. The van der Waals surface area contributed by atoms with Crippen LogP contribution < -0.4 is 5.32 Å². The standard InChI is InChI=1S/C9H12N4S/c1-13-4-2-11-8(13)6-10-7-9-12-3-5-14-9/h2-5,10H,6-7H2,1H3. The molecule has 0 fully saturated rings. The van der Waals surface area contributed by atoms with Gasteiger partial charge in [0.15, 0.2) is 0 Å². The second kappa shape index (κ2) is 4.34. The number of hydrogen-bond donors (Lipinski definition) is 1. The summed E-state index contributed by atoms with van der Waals surface area (Å²) in [6.07, 6.45) is 5.57. The van der Waals surface area contributed by atoms with Crippen LogP contribution in [-0.2, 0) is 20.1 Å². The Morgan fingerprint density at radius 3 is 2.93 bits per heavy atom. The maximum absolute atomic E-state index is 4.22. The van der Waals surface area contributed by atoms with Crippen molar-refractivity contribution in [3.8, 4) is 0 Å². The Kier molecular flexibility index (Phi) is 2.90. The van der Waals surface area contributed by atoms with Crippen molar-refractivity contribution in [2.24, 2.45) is 7.05 Å².